The fraction of sp³-hybridized carbons (Fsp3) is 0.438. The van der Waals surface area contributed by atoms with Crippen LogP contribution in [0.5, 0.6) is 0 Å². The van der Waals surface area contributed by atoms with Crippen molar-refractivity contribution >= 4 is 17.5 Å². The van der Waals surface area contributed by atoms with Gasteiger partial charge in [0.1, 0.15) is 17.4 Å². The van der Waals surface area contributed by atoms with Crippen molar-refractivity contribution < 1.29 is 22.8 Å². The van der Waals surface area contributed by atoms with Crippen molar-refractivity contribution in [1.29, 1.82) is 0 Å². The molecule has 1 saturated heterocycles. The Kier molecular flexibility index (Phi) is 4.40. The number of nitrogens with zero attached hydrogens (tertiary/aromatic N) is 3. The molecule has 0 saturated carbocycles. The minimum Gasteiger partial charge on any atom is -0.352 e. The second-order valence-electron chi connectivity index (χ2n) is 6.08. The van der Waals surface area contributed by atoms with Crippen molar-refractivity contribution in [3.8, 4) is 0 Å². The van der Waals surface area contributed by atoms with Crippen LogP contribution in [0.15, 0.2) is 30.6 Å². The van der Waals surface area contributed by atoms with Crippen LogP contribution in [0.3, 0.4) is 0 Å². The number of aromatic nitrogens is 2. The summed E-state index contributed by atoms with van der Waals surface area (Å²) in [6.45, 7) is 1.10. The van der Waals surface area contributed by atoms with Gasteiger partial charge in [-0.1, -0.05) is 6.07 Å². The lowest BCUT2D eigenvalue weighted by Gasteiger charge is -2.40. The van der Waals surface area contributed by atoms with Gasteiger partial charge in [0, 0.05) is 31.9 Å². The highest BCUT2D eigenvalue weighted by molar-refractivity contribution is 5.93. The average molecular weight is 354 g/mol. The quantitative estimate of drug-likeness (QED) is 0.897. The minimum atomic E-state index is -4.53. The van der Waals surface area contributed by atoms with E-state index in [2.05, 4.69) is 10.3 Å². The number of piperidine rings is 1. The smallest absolute Gasteiger partial charge is 0.352 e. The number of likely N-dealkylation sites (tertiary alicyclic amines) is 1. The number of imidazole rings is 1. The van der Waals surface area contributed by atoms with E-state index in [-0.39, 0.29) is 31.0 Å². The number of hydrogen-bond donors (Lipinski definition) is 1. The van der Waals surface area contributed by atoms with E-state index in [9.17, 15) is 22.8 Å². The van der Waals surface area contributed by atoms with Crippen LogP contribution in [0.1, 0.15) is 30.3 Å². The molecule has 3 rings (SSSR count). The summed E-state index contributed by atoms with van der Waals surface area (Å²) in [5.74, 6) is -1.13. The summed E-state index contributed by atoms with van der Waals surface area (Å²) in [4.78, 5) is 28.8. The molecule has 9 heteroatoms. The molecule has 2 aromatic heterocycles. The van der Waals surface area contributed by atoms with E-state index >= 15 is 0 Å². The van der Waals surface area contributed by atoms with E-state index in [0.29, 0.717) is 5.65 Å². The zero-order chi connectivity index (χ0) is 18.2. The largest absolute Gasteiger partial charge is 0.408 e. The van der Waals surface area contributed by atoms with Crippen LogP contribution >= 0.6 is 0 Å². The molecule has 134 valence electrons. The molecule has 0 aliphatic carbocycles. The van der Waals surface area contributed by atoms with Crippen LogP contribution in [-0.4, -0.2) is 50.9 Å². The molecule has 0 aromatic carbocycles. The van der Waals surface area contributed by atoms with Crippen LogP contribution in [0.4, 0.5) is 13.2 Å². The van der Waals surface area contributed by atoms with Gasteiger partial charge in [-0.05, 0) is 25.0 Å². The highest BCUT2D eigenvalue weighted by Gasteiger charge is 2.48. The monoisotopic (exact) mass is 354 g/mol. The van der Waals surface area contributed by atoms with Gasteiger partial charge in [0.05, 0.1) is 0 Å². The van der Waals surface area contributed by atoms with E-state index in [1.54, 1.807) is 28.8 Å². The molecule has 2 aromatic rings. The molecule has 25 heavy (non-hydrogen) atoms. The van der Waals surface area contributed by atoms with Gasteiger partial charge in [0.2, 0.25) is 5.91 Å². The molecule has 1 N–H and O–H groups in total. The number of carbonyl (C=O) groups is 2. The third-order valence-corrected chi connectivity index (χ3v) is 4.21. The maximum atomic E-state index is 13.4. The Balaban J connectivity index is 1.90. The van der Waals surface area contributed by atoms with Gasteiger partial charge in [0.15, 0.2) is 0 Å². The summed E-state index contributed by atoms with van der Waals surface area (Å²) in [6.07, 6.45) is -1.55. The van der Waals surface area contributed by atoms with E-state index in [4.69, 9.17) is 0 Å². The van der Waals surface area contributed by atoms with Gasteiger partial charge in [-0.3, -0.25) is 9.59 Å². The van der Waals surface area contributed by atoms with Crippen LogP contribution in [0, 0.1) is 0 Å². The molecule has 0 radical (unpaired) electrons. The van der Waals surface area contributed by atoms with Gasteiger partial charge in [-0.15, -0.1) is 0 Å². The highest BCUT2D eigenvalue weighted by Crippen LogP contribution is 2.33. The topological polar surface area (TPSA) is 66.7 Å². The third-order valence-electron chi connectivity index (χ3n) is 4.21. The number of hydrogen-bond acceptors (Lipinski definition) is 3. The first kappa shape index (κ1) is 17.2. The molecule has 2 amide bonds. The van der Waals surface area contributed by atoms with E-state index in [0.717, 1.165) is 4.90 Å². The normalized spacial score (nSPS) is 21.4. The zero-order valence-corrected chi connectivity index (χ0v) is 13.5. The Bertz CT molecular complexity index is 769. The number of fused-ring (bicyclic) bond motifs is 1. The SMILES string of the molecule is CC(=O)N[C@H]1CC[C@H](C(F)(F)F)N(C(=O)c2cn3ccccc3n2)C1. The lowest BCUT2D eigenvalue weighted by Crippen LogP contribution is -2.58. The molecule has 3 heterocycles. The van der Waals surface area contributed by atoms with Gasteiger partial charge < -0.3 is 14.6 Å². The number of pyridine rings is 1. The Hall–Kier alpha value is -2.58. The second-order valence-corrected chi connectivity index (χ2v) is 6.08. The lowest BCUT2D eigenvalue weighted by atomic mass is 9.97. The summed E-state index contributed by atoms with van der Waals surface area (Å²) in [5.41, 5.74) is 0.425. The number of alkyl halides is 3. The number of nitrogens with one attached hydrogen (secondary N) is 1. The van der Waals surface area contributed by atoms with Crippen LogP contribution in [-0.2, 0) is 4.79 Å². The first-order valence-corrected chi connectivity index (χ1v) is 7.84. The molecular formula is C16H17F3N4O2. The molecule has 2 atom stereocenters. The van der Waals surface area contributed by atoms with Gasteiger partial charge in [-0.25, -0.2) is 4.98 Å². The van der Waals surface area contributed by atoms with Crippen molar-refractivity contribution in [2.45, 2.75) is 38.0 Å². The fourth-order valence-electron chi connectivity index (χ4n) is 3.13. The Morgan fingerprint density at radius 1 is 1.28 bits per heavy atom. The molecular weight excluding hydrogens is 337 g/mol. The summed E-state index contributed by atoms with van der Waals surface area (Å²) in [7, 11) is 0. The van der Waals surface area contributed by atoms with Crippen molar-refractivity contribution in [1.82, 2.24) is 19.6 Å². The van der Waals surface area contributed by atoms with E-state index in [1.165, 1.54) is 13.1 Å². The fourth-order valence-corrected chi connectivity index (χ4v) is 3.13. The maximum Gasteiger partial charge on any atom is 0.408 e. The third kappa shape index (κ3) is 3.59. The number of halogens is 3. The van der Waals surface area contributed by atoms with Crippen molar-refractivity contribution in [2.24, 2.45) is 0 Å². The predicted molar refractivity (Wildman–Crippen MR) is 82.9 cm³/mol. The number of amides is 2. The first-order valence-electron chi connectivity index (χ1n) is 7.84. The molecule has 1 aliphatic heterocycles. The average Bonchev–Trinajstić information content (AvgIpc) is 2.96. The summed E-state index contributed by atoms with van der Waals surface area (Å²) in [5, 5.41) is 2.59. The van der Waals surface area contributed by atoms with Crippen LogP contribution < -0.4 is 5.32 Å². The van der Waals surface area contributed by atoms with Crippen LogP contribution in [0.2, 0.25) is 0 Å². The molecule has 0 unspecified atom stereocenters. The minimum absolute atomic E-state index is 0.0519. The lowest BCUT2D eigenvalue weighted by molar-refractivity contribution is -0.184. The van der Waals surface area contributed by atoms with Gasteiger partial charge >= 0.3 is 6.18 Å². The zero-order valence-electron chi connectivity index (χ0n) is 13.5. The van der Waals surface area contributed by atoms with Crippen LogP contribution in [0.25, 0.3) is 5.65 Å². The molecule has 1 aliphatic rings. The van der Waals surface area contributed by atoms with Gasteiger partial charge in [0.25, 0.3) is 5.91 Å². The first-order chi connectivity index (χ1) is 11.8. The summed E-state index contributed by atoms with van der Waals surface area (Å²) < 4.78 is 41.6. The second kappa shape index (κ2) is 6.38. The standard InChI is InChI=1S/C16H17F3N4O2/c1-10(24)20-11-5-6-13(16(17,18)19)23(8-11)15(25)12-9-22-7-3-2-4-14(22)21-12/h2-4,7,9,11,13H,5-6,8H2,1H3,(H,20,24)/t11-,13+/m0/s1. The Morgan fingerprint density at radius 3 is 2.68 bits per heavy atom. The Morgan fingerprint density at radius 2 is 2.04 bits per heavy atom. The van der Waals surface area contributed by atoms with Crippen molar-refractivity contribution in [2.75, 3.05) is 6.54 Å². The van der Waals surface area contributed by atoms with Crippen molar-refractivity contribution in [3.05, 3.63) is 36.3 Å². The van der Waals surface area contributed by atoms with E-state index < -0.39 is 24.2 Å². The number of rotatable bonds is 2. The Labute approximate surface area is 141 Å². The predicted octanol–water partition coefficient (Wildman–Crippen LogP) is 2.01. The molecule has 6 nitrogen and oxygen atoms in total. The highest BCUT2D eigenvalue weighted by atomic mass is 19.4. The van der Waals surface area contributed by atoms with Crippen molar-refractivity contribution in [3.63, 3.8) is 0 Å². The molecule has 0 bridgehead atoms. The maximum absolute atomic E-state index is 13.4. The molecule has 0 spiro atoms. The summed E-state index contributed by atoms with van der Waals surface area (Å²) in [6, 6.07) is 2.73. The van der Waals surface area contributed by atoms with Gasteiger partial charge in [-0.2, -0.15) is 13.2 Å². The van der Waals surface area contributed by atoms with E-state index in [1.807, 2.05) is 0 Å². The molecule has 1 fully saturated rings. The number of carbonyl (C=O) groups excluding carboxylic acids is 2. The summed E-state index contributed by atoms with van der Waals surface area (Å²) >= 11 is 0.